The minimum atomic E-state index is -0.540. The summed E-state index contributed by atoms with van der Waals surface area (Å²) in [6.45, 7) is 9.96. The number of amides is 1. The van der Waals surface area contributed by atoms with Crippen LogP contribution in [0.3, 0.4) is 0 Å². The maximum atomic E-state index is 13.1. The number of aromatic nitrogens is 4. The van der Waals surface area contributed by atoms with Crippen LogP contribution in [-0.2, 0) is 42.1 Å². The Labute approximate surface area is 205 Å². The summed E-state index contributed by atoms with van der Waals surface area (Å²) in [5.74, 6) is -0.917. The summed E-state index contributed by atoms with van der Waals surface area (Å²) < 4.78 is 8.97. The number of fused-ring (bicyclic) bond motifs is 2. The number of nitrogens with zero attached hydrogens (tertiary/aromatic N) is 4. The molecule has 0 radical (unpaired) electrons. The summed E-state index contributed by atoms with van der Waals surface area (Å²) in [5.41, 5.74) is -0.129. The van der Waals surface area contributed by atoms with Crippen molar-refractivity contribution in [3.05, 3.63) is 43.2 Å². The number of esters is 1. The van der Waals surface area contributed by atoms with Crippen molar-refractivity contribution < 1.29 is 14.3 Å². The molecule has 4 rings (SSSR count). The van der Waals surface area contributed by atoms with Crippen LogP contribution in [0, 0.1) is 0 Å². The third-order valence-electron chi connectivity index (χ3n) is 6.11. The van der Waals surface area contributed by atoms with Crippen molar-refractivity contribution in [3.8, 4) is 0 Å². The zero-order chi connectivity index (χ0) is 25.9. The fraction of sp³-hybridized carbons (Fsp3) is 0.522. The van der Waals surface area contributed by atoms with Gasteiger partial charge in [-0.05, 0) is 46.6 Å². The highest BCUT2D eigenvalue weighted by Crippen LogP contribution is 2.45. The van der Waals surface area contributed by atoms with Crippen molar-refractivity contribution in [2.24, 2.45) is 14.1 Å². The first kappa shape index (κ1) is 24.9. The molecule has 0 spiro atoms. The fourth-order valence-electron chi connectivity index (χ4n) is 4.87. The normalized spacial score (nSPS) is 16.2. The zero-order valence-corrected chi connectivity index (χ0v) is 21.8. The molecule has 0 aliphatic carbocycles. The highest BCUT2D eigenvalue weighted by molar-refractivity contribution is 7.17. The number of anilines is 1. The second-order valence-electron chi connectivity index (χ2n) is 9.94. The molecular weight excluding hydrogens is 472 g/mol. The predicted octanol–water partition coefficient (Wildman–Crippen LogP) is 1.47. The molecule has 3 aromatic rings. The molecule has 0 saturated carbocycles. The van der Waals surface area contributed by atoms with Gasteiger partial charge in [0.15, 0.2) is 11.2 Å². The first-order valence-corrected chi connectivity index (χ1v) is 12.1. The topological polar surface area (TPSA) is 129 Å². The Morgan fingerprint density at radius 1 is 1.20 bits per heavy atom. The van der Waals surface area contributed by atoms with E-state index in [2.05, 4.69) is 29.5 Å². The Kier molecular flexibility index (Phi) is 6.00. The molecular formula is C23H30N6O5S. The molecule has 0 saturated heterocycles. The van der Waals surface area contributed by atoms with E-state index in [4.69, 9.17) is 4.74 Å². The third-order valence-corrected chi connectivity index (χ3v) is 7.58. The largest absolute Gasteiger partial charge is 0.462 e. The second-order valence-corrected chi connectivity index (χ2v) is 11.0. The van der Waals surface area contributed by atoms with Crippen LogP contribution in [0.2, 0.25) is 0 Å². The van der Waals surface area contributed by atoms with Crippen molar-refractivity contribution >= 4 is 39.4 Å². The van der Waals surface area contributed by atoms with Crippen LogP contribution in [0.4, 0.5) is 5.00 Å². The number of carbonyl (C=O) groups is 2. The van der Waals surface area contributed by atoms with Gasteiger partial charge in [0.25, 0.3) is 5.56 Å². The third kappa shape index (κ3) is 4.20. The number of carbonyl (C=O) groups excluding carboxylic acids is 2. The van der Waals surface area contributed by atoms with E-state index in [9.17, 15) is 19.2 Å². The van der Waals surface area contributed by atoms with Gasteiger partial charge in [-0.3, -0.25) is 18.7 Å². The number of rotatable bonds is 5. The monoisotopic (exact) mass is 502 g/mol. The highest BCUT2D eigenvalue weighted by atomic mass is 32.1. The number of hydrogen-bond acceptors (Lipinski definition) is 8. The molecule has 1 aliphatic heterocycles. The molecule has 0 fully saturated rings. The van der Waals surface area contributed by atoms with Crippen molar-refractivity contribution in [1.29, 1.82) is 0 Å². The van der Waals surface area contributed by atoms with Crippen molar-refractivity contribution in [1.82, 2.24) is 24.0 Å². The minimum Gasteiger partial charge on any atom is -0.462 e. The lowest BCUT2D eigenvalue weighted by Crippen LogP contribution is -2.55. The first-order valence-electron chi connectivity index (χ1n) is 11.3. The number of thiophene rings is 1. The Balaban J connectivity index is 1.73. The predicted molar refractivity (Wildman–Crippen MR) is 133 cm³/mol. The fourth-order valence-corrected chi connectivity index (χ4v) is 6.15. The molecule has 0 atom stereocenters. The standard InChI is InChI=1S/C23H30N6O5S/c1-8-34-20(32)14-12-9-22(2,3)26-23(4,5)16(12)35-18(14)25-13(30)10-29-11-24-17-15(29)19(31)28(7)21(33)27(17)6/h11,26H,8-10H2,1-7H3,(H,25,30). The average molecular weight is 503 g/mol. The van der Waals surface area contributed by atoms with Gasteiger partial charge in [-0.25, -0.2) is 14.6 Å². The second kappa shape index (κ2) is 8.45. The maximum absolute atomic E-state index is 13.1. The van der Waals surface area contributed by atoms with Crippen LogP contribution in [0.25, 0.3) is 11.2 Å². The summed E-state index contributed by atoms with van der Waals surface area (Å²) in [5, 5.41) is 6.87. The molecule has 12 heteroatoms. The van der Waals surface area contributed by atoms with E-state index < -0.39 is 28.7 Å². The number of imidazole rings is 1. The average Bonchev–Trinajstić information content (AvgIpc) is 3.31. The zero-order valence-electron chi connectivity index (χ0n) is 20.9. The molecule has 188 valence electrons. The Hall–Kier alpha value is -3.25. The molecule has 0 bridgehead atoms. The molecule has 1 amide bonds. The number of ether oxygens (including phenoxy) is 1. The van der Waals surface area contributed by atoms with Crippen LogP contribution >= 0.6 is 11.3 Å². The van der Waals surface area contributed by atoms with Gasteiger partial charge in [0.2, 0.25) is 5.91 Å². The van der Waals surface area contributed by atoms with E-state index in [0.29, 0.717) is 17.0 Å². The maximum Gasteiger partial charge on any atom is 0.341 e. The van der Waals surface area contributed by atoms with Gasteiger partial charge in [0.1, 0.15) is 11.5 Å². The van der Waals surface area contributed by atoms with Gasteiger partial charge >= 0.3 is 11.7 Å². The van der Waals surface area contributed by atoms with Gasteiger partial charge in [0.05, 0.1) is 18.5 Å². The van der Waals surface area contributed by atoms with Crippen molar-refractivity contribution in [2.75, 3.05) is 11.9 Å². The lowest BCUT2D eigenvalue weighted by molar-refractivity contribution is -0.116. The van der Waals surface area contributed by atoms with E-state index in [1.165, 1.54) is 40.9 Å². The first-order chi connectivity index (χ1) is 16.3. The highest BCUT2D eigenvalue weighted by Gasteiger charge is 2.42. The molecule has 11 nitrogen and oxygen atoms in total. The minimum absolute atomic E-state index is 0.146. The van der Waals surface area contributed by atoms with Crippen LogP contribution in [-0.4, -0.2) is 42.7 Å². The SMILES string of the molecule is CCOC(=O)c1c(NC(=O)Cn2cnc3c2c(=O)n(C)c(=O)n3C)sc2c1CC(C)(C)NC2(C)C. The van der Waals surface area contributed by atoms with Crippen molar-refractivity contribution in [3.63, 3.8) is 0 Å². The summed E-state index contributed by atoms with van der Waals surface area (Å²) in [6, 6.07) is 0. The summed E-state index contributed by atoms with van der Waals surface area (Å²) in [7, 11) is 2.89. The summed E-state index contributed by atoms with van der Waals surface area (Å²) >= 11 is 1.35. The lowest BCUT2D eigenvalue weighted by Gasteiger charge is -2.42. The summed E-state index contributed by atoms with van der Waals surface area (Å²) in [6.07, 6.45) is 1.95. The van der Waals surface area contributed by atoms with Crippen LogP contribution in [0.15, 0.2) is 15.9 Å². The van der Waals surface area contributed by atoms with Gasteiger partial charge in [-0.15, -0.1) is 11.3 Å². The molecule has 2 N–H and O–H groups in total. The van der Waals surface area contributed by atoms with Crippen molar-refractivity contribution in [2.45, 2.75) is 58.7 Å². The Morgan fingerprint density at radius 2 is 1.89 bits per heavy atom. The number of nitrogens with one attached hydrogen (secondary N) is 2. The number of hydrogen-bond donors (Lipinski definition) is 2. The van der Waals surface area contributed by atoms with Gasteiger partial charge in [-0.2, -0.15) is 0 Å². The Bertz CT molecular complexity index is 1470. The molecule has 0 unspecified atom stereocenters. The Morgan fingerprint density at radius 3 is 2.54 bits per heavy atom. The van der Waals surface area contributed by atoms with Gasteiger partial charge in [0, 0.05) is 30.1 Å². The molecule has 3 aromatic heterocycles. The lowest BCUT2D eigenvalue weighted by atomic mass is 9.81. The van der Waals surface area contributed by atoms with Gasteiger partial charge < -0.3 is 19.9 Å². The van der Waals surface area contributed by atoms with Gasteiger partial charge in [-0.1, -0.05) is 0 Å². The number of aryl methyl sites for hydroxylation is 1. The van der Waals surface area contributed by atoms with E-state index in [1.807, 2.05) is 13.8 Å². The van der Waals surface area contributed by atoms with E-state index in [0.717, 1.165) is 15.0 Å². The van der Waals surface area contributed by atoms with Crippen LogP contribution in [0.1, 0.15) is 55.4 Å². The van der Waals surface area contributed by atoms with E-state index in [-0.39, 0.29) is 29.9 Å². The molecule has 4 heterocycles. The molecule has 0 aromatic carbocycles. The van der Waals surface area contributed by atoms with Crippen LogP contribution < -0.4 is 21.9 Å². The smallest absolute Gasteiger partial charge is 0.341 e. The van der Waals surface area contributed by atoms with E-state index >= 15 is 0 Å². The van der Waals surface area contributed by atoms with Crippen LogP contribution in [0.5, 0.6) is 0 Å². The molecule has 35 heavy (non-hydrogen) atoms. The quantitative estimate of drug-likeness (QED) is 0.506. The summed E-state index contributed by atoms with van der Waals surface area (Å²) in [4.78, 5) is 56.1. The molecule has 1 aliphatic rings. The van der Waals surface area contributed by atoms with E-state index in [1.54, 1.807) is 6.92 Å².